The number of hydrogen-bond acceptors (Lipinski definition) is 3. The third-order valence-electron chi connectivity index (χ3n) is 6.45. The molecule has 0 saturated heterocycles. The molecule has 2 heterocycles. The normalized spacial score (nSPS) is 24.2. The van der Waals surface area contributed by atoms with Gasteiger partial charge in [0.05, 0.1) is 6.21 Å². The Morgan fingerprint density at radius 3 is 2.88 bits per heavy atom. The Morgan fingerprint density at radius 1 is 1.35 bits per heavy atom. The molecule has 1 N–H and O–H groups in total. The van der Waals surface area contributed by atoms with Crippen LogP contribution in [0.1, 0.15) is 32.5 Å². The van der Waals surface area contributed by atoms with Crippen LogP contribution in [-0.2, 0) is 0 Å². The number of aromatic nitrogens is 3. The van der Waals surface area contributed by atoms with E-state index in [1.165, 1.54) is 16.7 Å². The number of nitrogens with zero attached hydrogens (tertiary/aromatic N) is 3. The molecule has 0 spiro atoms. The fourth-order valence-corrected chi connectivity index (χ4v) is 4.52. The SMILES string of the molecule is Cc1nc2c([nH]c3ccccc32)c(=O)n1N=CC1=CC2CC(C1)C2(C)C. The van der Waals surface area contributed by atoms with Gasteiger partial charge in [-0.15, -0.1) is 0 Å². The molecule has 26 heavy (non-hydrogen) atoms. The van der Waals surface area contributed by atoms with Crippen molar-refractivity contribution in [3.05, 3.63) is 52.1 Å². The van der Waals surface area contributed by atoms with Gasteiger partial charge in [0.1, 0.15) is 16.9 Å². The van der Waals surface area contributed by atoms with Crippen LogP contribution in [-0.4, -0.2) is 20.9 Å². The molecule has 2 aromatic heterocycles. The van der Waals surface area contributed by atoms with Crippen molar-refractivity contribution in [2.24, 2.45) is 22.4 Å². The summed E-state index contributed by atoms with van der Waals surface area (Å²) in [6, 6.07) is 7.84. The average Bonchev–Trinajstić information content (AvgIpc) is 3.00. The van der Waals surface area contributed by atoms with Crippen LogP contribution in [0.25, 0.3) is 21.9 Å². The first-order valence-corrected chi connectivity index (χ1v) is 9.20. The lowest BCUT2D eigenvalue weighted by molar-refractivity contribution is 0.00130. The lowest BCUT2D eigenvalue weighted by Gasteiger charge is -2.54. The Hall–Kier alpha value is -2.69. The van der Waals surface area contributed by atoms with Crippen LogP contribution in [0.5, 0.6) is 0 Å². The first-order valence-electron chi connectivity index (χ1n) is 9.20. The van der Waals surface area contributed by atoms with Crippen LogP contribution in [0.2, 0.25) is 0 Å². The van der Waals surface area contributed by atoms with E-state index in [-0.39, 0.29) is 5.56 Å². The monoisotopic (exact) mass is 346 g/mol. The predicted molar refractivity (Wildman–Crippen MR) is 105 cm³/mol. The number of para-hydroxylation sites is 1. The highest BCUT2D eigenvalue weighted by Crippen LogP contribution is 2.57. The largest absolute Gasteiger partial charge is 0.349 e. The van der Waals surface area contributed by atoms with Gasteiger partial charge in [-0.05, 0) is 48.7 Å². The van der Waals surface area contributed by atoms with Crippen molar-refractivity contribution in [2.75, 3.05) is 0 Å². The van der Waals surface area contributed by atoms with Gasteiger partial charge in [-0.1, -0.05) is 38.1 Å². The number of aryl methyl sites for hydroxylation is 1. The zero-order valence-electron chi connectivity index (χ0n) is 15.3. The maximum Gasteiger partial charge on any atom is 0.298 e. The number of fused-ring (bicyclic) bond motifs is 4. The Balaban J connectivity index is 1.58. The molecular weight excluding hydrogens is 324 g/mol. The lowest BCUT2D eigenvalue weighted by Crippen LogP contribution is -2.46. The van der Waals surface area contributed by atoms with Gasteiger partial charge in [-0.25, -0.2) is 4.98 Å². The Morgan fingerprint density at radius 2 is 2.15 bits per heavy atom. The average molecular weight is 346 g/mol. The van der Waals surface area contributed by atoms with Gasteiger partial charge in [0.15, 0.2) is 0 Å². The van der Waals surface area contributed by atoms with E-state index >= 15 is 0 Å². The quantitative estimate of drug-likeness (QED) is 0.713. The van der Waals surface area contributed by atoms with Gasteiger partial charge >= 0.3 is 0 Å². The van der Waals surface area contributed by atoms with Crippen molar-refractivity contribution in [1.29, 1.82) is 0 Å². The maximum absolute atomic E-state index is 12.9. The zero-order chi connectivity index (χ0) is 18.1. The highest BCUT2D eigenvalue weighted by atomic mass is 16.1. The summed E-state index contributed by atoms with van der Waals surface area (Å²) < 4.78 is 1.41. The van der Waals surface area contributed by atoms with E-state index in [9.17, 15) is 4.79 Å². The second kappa shape index (κ2) is 5.16. The summed E-state index contributed by atoms with van der Waals surface area (Å²) in [4.78, 5) is 20.8. The summed E-state index contributed by atoms with van der Waals surface area (Å²) in [5.41, 5.74) is 3.64. The van der Waals surface area contributed by atoms with Crippen LogP contribution in [0.4, 0.5) is 0 Å². The van der Waals surface area contributed by atoms with Crippen LogP contribution in [0.15, 0.2) is 45.8 Å². The van der Waals surface area contributed by atoms with Crippen molar-refractivity contribution in [1.82, 2.24) is 14.6 Å². The maximum atomic E-state index is 12.9. The van der Waals surface area contributed by atoms with Gasteiger partial charge < -0.3 is 4.98 Å². The Kier molecular flexibility index (Phi) is 3.09. The molecule has 132 valence electrons. The Labute approximate surface area is 151 Å². The summed E-state index contributed by atoms with van der Waals surface area (Å²) in [5.74, 6) is 1.96. The third-order valence-corrected chi connectivity index (χ3v) is 6.45. The molecule has 5 heteroatoms. The van der Waals surface area contributed by atoms with Crippen molar-refractivity contribution in [2.45, 2.75) is 33.6 Å². The molecule has 3 aromatic rings. The van der Waals surface area contributed by atoms with Gasteiger partial charge in [-0.3, -0.25) is 4.79 Å². The second-order valence-corrected chi connectivity index (χ2v) is 8.22. The van der Waals surface area contributed by atoms with Crippen LogP contribution in [0.3, 0.4) is 0 Å². The molecular formula is C21H22N4O. The highest BCUT2D eigenvalue weighted by Gasteiger charge is 2.49. The zero-order valence-corrected chi connectivity index (χ0v) is 15.3. The molecule has 2 bridgehead atoms. The second-order valence-electron chi connectivity index (χ2n) is 8.22. The minimum atomic E-state index is -0.151. The molecule has 3 aliphatic rings. The first-order chi connectivity index (χ1) is 12.4. The summed E-state index contributed by atoms with van der Waals surface area (Å²) in [6.45, 7) is 6.52. The molecule has 2 atom stereocenters. The van der Waals surface area contributed by atoms with Gasteiger partial charge in [-0.2, -0.15) is 9.78 Å². The minimum absolute atomic E-state index is 0.151. The van der Waals surface area contributed by atoms with E-state index in [1.54, 1.807) is 0 Å². The van der Waals surface area contributed by atoms with Gasteiger partial charge in [0.2, 0.25) is 0 Å². The van der Waals surface area contributed by atoms with E-state index in [2.05, 4.69) is 35.0 Å². The molecule has 2 unspecified atom stereocenters. The first kappa shape index (κ1) is 15.6. The molecule has 0 radical (unpaired) electrons. The molecule has 0 aliphatic heterocycles. The van der Waals surface area contributed by atoms with Crippen LogP contribution >= 0.6 is 0 Å². The van der Waals surface area contributed by atoms with Gasteiger partial charge in [0, 0.05) is 10.9 Å². The molecule has 6 rings (SSSR count). The molecule has 0 amide bonds. The number of H-pyrrole nitrogens is 1. The smallest absolute Gasteiger partial charge is 0.298 e. The lowest BCUT2D eigenvalue weighted by atomic mass is 9.50. The van der Waals surface area contributed by atoms with Crippen LogP contribution < -0.4 is 5.56 Å². The van der Waals surface area contributed by atoms with E-state index < -0.39 is 0 Å². The van der Waals surface area contributed by atoms with Crippen LogP contribution in [0, 0.1) is 24.2 Å². The summed E-state index contributed by atoms with van der Waals surface area (Å²) >= 11 is 0. The number of nitrogens with one attached hydrogen (secondary N) is 1. The number of hydrogen-bond donors (Lipinski definition) is 1. The van der Waals surface area contributed by atoms with Crippen molar-refractivity contribution in [3.8, 4) is 0 Å². The third kappa shape index (κ3) is 2.06. The van der Waals surface area contributed by atoms with Crippen molar-refractivity contribution < 1.29 is 0 Å². The summed E-state index contributed by atoms with van der Waals surface area (Å²) in [5, 5.41) is 5.45. The highest BCUT2D eigenvalue weighted by molar-refractivity contribution is 6.04. The van der Waals surface area contributed by atoms with Crippen molar-refractivity contribution >= 4 is 28.2 Å². The summed E-state index contributed by atoms with van der Waals surface area (Å²) in [6.07, 6.45) is 6.51. The molecule has 1 saturated carbocycles. The fraction of sp³-hybridized carbons (Fsp3) is 0.381. The topological polar surface area (TPSA) is 63.0 Å². The Bertz CT molecular complexity index is 1160. The number of rotatable bonds is 2. The van der Waals surface area contributed by atoms with Gasteiger partial charge in [0.25, 0.3) is 5.56 Å². The minimum Gasteiger partial charge on any atom is -0.349 e. The van der Waals surface area contributed by atoms with E-state index in [1.807, 2.05) is 37.4 Å². The standard InChI is InChI=1S/C21H22N4O/c1-12-23-18-16-6-4-5-7-17(16)24-19(18)20(26)25(12)22-11-13-8-14-10-15(9-13)21(14,2)3/h4-8,11,14-15,24H,9-10H2,1-3H3. The predicted octanol–water partition coefficient (Wildman–Crippen LogP) is 4.01. The number of benzene rings is 1. The number of allylic oxidation sites excluding steroid dienone is 2. The summed E-state index contributed by atoms with van der Waals surface area (Å²) in [7, 11) is 0. The van der Waals surface area contributed by atoms with Crippen molar-refractivity contribution in [3.63, 3.8) is 0 Å². The fourth-order valence-electron chi connectivity index (χ4n) is 4.52. The molecule has 5 nitrogen and oxygen atoms in total. The van der Waals surface area contributed by atoms with E-state index in [0.717, 1.165) is 28.8 Å². The molecule has 1 fully saturated rings. The van der Waals surface area contributed by atoms with E-state index in [0.29, 0.717) is 22.7 Å². The number of aromatic amines is 1. The molecule has 1 aromatic carbocycles. The molecule has 3 aliphatic carbocycles. The van der Waals surface area contributed by atoms with E-state index in [4.69, 9.17) is 0 Å².